The molecule has 3 N–H and O–H groups in total. The van der Waals surface area contributed by atoms with Crippen LogP contribution in [0.15, 0.2) is 36.8 Å². The minimum Gasteiger partial charge on any atom is -0.389 e. The molecule has 188 valence electrons. The SMILES string of the molecule is CNc1cc(-c2cn([C@@H]3CCOC[C@H]3O)c3ncccc23)nc2c(C(=O)NC3CC[C@@H]3OC)cnn12. The smallest absolute Gasteiger partial charge is 0.257 e. The van der Waals surface area contributed by atoms with Gasteiger partial charge in [-0.05, 0) is 31.4 Å². The van der Waals surface area contributed by atoms with E-state index in [1.54, 1.807) is 31.1 Å². The highest BCUT2D eigenvalue weighted by molar-refractivity contribution is 6.01. The highest BCUT2D eigenvalue weighted by Gasteiger charge is 2.33. The molecule has 4 aromatic rings. The van der Waals surface area contributed by atoms with Gasteiger partial charge >= 0.3 is 0 Å². The van der Waals surface area contributed by atoms with Crippen LogP contribution in [0.4, 0.5) is 5.82 Å². The molecule has 4 atom stereocenters. The third kappa shape index (κ3) is 3.71. The van der Waals surface area contributed by atoms with Crippen molar-refractivity contribution in [2.75, 3.05) is 32.7 Å². The van der Waals surface area contributed by atoms with Crippen molar-refractivity contribution < 1.29 is 19.4 Å². The number of ether oxygens (including phenoxy) is 2. The van der Waals surface area contributed by atoms with Gasteiger partial charge in [-0.15, -0.1) is 0 Å². The van der Waals surface area contributed by atoms with Crippen molar-refractivity contribution in [1.82, 2.24) is 29.5 Å². The van der Waals surface area contributed by atoms with E-state index in [1.807, 2.05) is 29.0 Å². The number of nitrogens with one attached hydrogen (secondary N) is 2. The van der Waals surface area contributed by atoms with Gasteiger partial charge in [-0.3, -0.25) is 4.79 Å². The third-order valence-electron chi connectivity index (χ3n) is 7.32. The van der Waals surface area contributed by atoms with E-state index >= 15 is 0 Å². The minimum atomic E-state index is -0.625. The number of fused-ring (bicyclic) bond motifs is 2. The van der Waals surface area contributed by atoms with Gasteiger partial charge in [0.05, 0.1) is 42.8 Å². The van der Waals surface area contributed by atoms with Crippen molar-refractivity contribution in [3.8, 4) is 11.3 Å². The number of aromatic nitrogens is 5. The van der Waals surface area contributed by atoms with Gasteiger partial charge in [0, 0.05) is 50.2 Å². The topological polar surface area (TPSA) is 128 Å². The summed E-state index contributed by atoms with van der Waals surface area (Å²) in [6.45, 7) is 0.872. The monoisotopic (exact) mass is 491 g/mol. The maximum Gasteiger partial charge on any atom is 0.257 e. The Bertz CT molecular complexity index is 1430. The predicted molar refractivity (Wildman–Crippen MR) is 133 cm³/mol. The molecule has 11 heteroatoms. The Morgan fingerprint density at radius 2 is 2.17 bits per heavy atom. The minimum absolute atomic E-state index is 0.0145. The molecule has 1 saturated carbocycles. The first-order valence-electron chi connectivity index (χ1n) is 12.2. The van der Waals surface area contributed by atoms with Crippen LogP contribution in [-0.4, -0.2) is 80.8 Å². The van der Waals surface area contributed by atoms with Crippen molar-refractivity contribution in [2.24, 2.45) is 0 Å². The first kappa shape index (κ1) is 22.9. The molecular weight excluding hydrogens is 462 g/mol. The van der Waals surface area contributed by atoms with Crippen LogP contribution in [0.3, 0.4) is 0 Å². The number of hydrogen-bond acceptors (Lipinski definition) is 8. The molecule has 1 aliphatic carbocycles. The second-order valence-electron chi connectivity index (χ2n) is 9.32. The van der Waals surface area contributed by atoms with E-state index in [0.29, 0.717) is 42.4 Å². The van der Waals surface area contributed by atoms with Gasteiger partial charge in [0.15, 0.2) is 5.65 Å². The highest BCUT2D eigenvalue weighted by atomic mass is 16.5. The van der Waals surface area contributed by atoms with E-state index in [0.717, 1.165) is 29.4 Å². The van der Waals surface area contributed by atoms with Gasteiger partial charge in [0.2, 0.25) is 0 Å². The van der Waals surface area contributed by atoms with E-state index in [9.17, 15) is 9.90 Å². The fraction of sp³-hybridized carbons (Fsp3) is 0.440. The molecule has 0 aromatic carbocycles. The van der Waals surface area contributed by atoms with E-state index < -0.39 is 6.10 Å². The molecule has 1 aliphatic heterocycles. The Labute approximate surface area is 207 Å². The van der Waals surface area contributed by atoms with Crippen molar-refractivity contribution in [3.63, 3.8) is 0 Å². The molecule has 6 rings (SSSR count). The van der Waals surface area contributed by atoms with Crippen molar-refractivity contribution in [1.29, 1.82) is 0 Å². The van der Waals surface area contributed by atoms with Crippen LogP contribution >= 0.6 is 0 Å². The number of anilines is 1. The maximum absolute atomic E-state index is 13.2. The first-order valence-corrected chi connectivity index (χ1v) is 12.2. The number of rotatable bonds is 6. The number of hydrogen-bond donors (Lipinski definition) is 3. The molecule has 11 nitrogen and oxygen atoms in total. The lowest BCUT2D eigenvalue weighted by Gasteiger charge is -2.35. The Hall–Kier alpha value is -3.54. The van der Waals surface area contributed by atoms with Crippen LogP contribution in [0.5, 0.6) is 0 Å². The lowest BCUT2D eigenvalue weighted by molar-refractivity contribution is -0.0375. The van der Waals surface area contributed by atoms with E-state index in [-0.39, 0.29) is 24.1 Å². The molecule has 1 saturated heterocycles. The molecular formula is C25H29N7O4. The molecule has 2 fully saturated rings. The zero-order chi connectivity index (χ0) is 24.8. The Balaban J connectivity index is 1.45. The number of methoxy groups -OCH3 is 1. The molecule has 0 bridgehead atoms. The Kier molecular flexibility index (Phi) is 5.82. The van der Waals surface area contributed by atoms with E-state index in [2.05, 4.69) is 20.7 Å². The van der Waals surface area contributed by atoms with Crippen LogP contribution in [-0.2, 0) is 9.47 Å². The van der Waals surface area contributed by atoms with Crippen molar-refractivity contribution in [2.45, 2.75) is 43.6 Å². The molecule has 5 heterocycles. The molecule has 4 aromatic heterocycles. The maximum atomic E-state index is 13.2. The first-order chi connectivity index (χ1) is 17.6. The highest BCUT2D eigenvalue weighted by Crippen LogP contribution is 2.35. The van der Waals surface area contributed by atoms with Gasteiger partial charge in [0.25, 0.3) is 5.91 Å². The number of nitrogens with zero attached hydrogens (tertiary/aromatic N) is 5. The number of aliphatic hydroxyl groups is 1. The zero-order valence-electron chi connectivity index (χ0n) is 20.2. The third-order valence-corrected chi connectivity index (χ3v) is 7.32. The van der Waals surface area contributed by atoms with Gasteiger partial charge in [-0.2, -0.15) is 9.61 Å². The average molecular weight is 492 g/mol. The number of aliphatic hydroxyl groups excluding tert-OH is 1. The number of amides is 1. The van der Waals surface area contributed by atoms with Gasteiger partial charge in [-0.25, -0.2) is 9.97 Å². The Morgan fingerprint density at radius 1 is 1.28 bits per heavy atom. The van der Waals surface area contributed by atoms with Gasteiger partial charge in [0.1, 0.15) is 17.0 Å². The summed E-state index contributed by atoms with van der Waals surface area (Å²) < 4.78 is 14.5. The summed E-state index contributed by atoms with van der Waals surface area (Å²) in [4.78, 5) is 22.7. The van der Waals surface area contributed by atoms with E-state index in [1.165, 1.54) is 0 Å². The fourth-order valence-electron chi connectivity index (χ4n) is 5.18. The van der Waals surface area contributed by atoms with Crippen LogP contribution in [0, 0.1) is 0 Å². The summed E-state index contributed by atoms with van der Waals surface area (Å²) in [5.41, 5.74) is 3.17. The van der Waals surface area contributed by atoms with Crippen molar-refractivity contribution in [3.05, 3.63) is 42.4 Å². The number of pyridine rings is 1. The second-order valence-corrected chi connectivity index (χ2v) is 9.32. The number of carbonyl (C=O) groups excluding carboxylic acids is 1. The van der Waals surface area contributed by atoms with Crippen molar-refractivity contribution >= 4 is 28.4 Å². The summed E-state index contributed by atoms with van der Waals surface area (Å²) in [5.74, 6) is 0.473. The summed E-state index contributed by atoms with van der Waals surface area (Å²) in [5, 5.41) is 22.2. The quantitative estimate of drug-likeness (QED) is 0.374. The zero-order valence-corrected chi connectivity index (χ0v) is 20.2. The molecule has 0 spiro atoms. The fourth-order valence-corrected chi connectivity index (χ4v) is 5.18. The van der Waals surface area contributed by atoms with Crippen LogP contribution in [0.1, 0.15) is 35.7 Å². The van der Waals surface area contributed by atoms with Crippen LogP contribution in [0.25, 0.3) is 27.9 Å². The average Bonchev–Trinajstić information content (AvgIpc) is 3.49. The summed E-state index contributed by atoms with van der Waals surface area (Å²) in [7, 11) is 3.47. The standard InChI is InChI=1S/C25H29N7O4/c1-26-22-10-18(29-24-15(11-28-32(22)24)25(34)30-17-5-6-21(17)35-2)16-12-31(19-7-9-36-13-20(19)33)23-14(16)4-3-8-27-23/h3-4,8,10-12,17,19-21,26,33H,5-7,9,13H2,1-2H3,(H,30,34)/t17?,19-,20-,21+/m1/s1. The number of carbonyl (C=O) groups is 1. The molecule has 1 amide bonds. The normalized spacial score (nSPS) is 24.1. The molecule has 2 aliphatic rings. The summed E-state index contributed by atoms with van der Waals surface area (Å²) in [6, 6.07) is 5.62. The summed E-state index contributed by atoms with van der Waals surface area (Å²) in [6.07, 6.45) is 7.19. The predicted octanol–water partition coefficient (Wildman–Crippen LogP) is 2.02. The molecule has 0 radical (unpaired) electrons. The second kappa shape index (κ2) is 9.16. The van der Waals surface area contributed by atoms with Crippen LogP contribution in [0.2, 0.25) is 0 Å². The largest absolute Gasteiger partial charge is 0.389 e. The van der Waals surface area contributed by atoms with Gasteiger partial charge < -0.3 is 29.8 Å². The lowest BCUT2D eigenvalue weighted by atomic mass is 9.89. The van der Waals surface area contributed by atoms with Crippen LogP contribution < -0.4 is 10.6 Å². The lowest BCUT2D eigenvalue weighted by Crippen LogP contribution is -2.51. The Morgan fingerprint density at radius 3 is 2.92 bits per heavy atom. The molecule has 1 unspecified atom stereocenters. The van der Waals surface area contributed by atoms with E-state index in [4.69, 9.17) is 14.5 Å². The summed E-state index contributed by atoms with van der Waals surface area (Å²) >= 11 is 0. The molecule has 36 heavy (non-hydrogen) atoms. The van der Waals surface area contributed by atoms with Gasteiger partial charge in [-0.1, -0.05) is 0 Å².